The molecule has 1 unspecified atom stereocenters. The number of nitrogens with one attached hydrogen (secondary N) is 2. The Labute approximate surface area is 197 Å². The zero-order valence-electron chi connectivity index (χ0n) is 19.8. The van der Waals surface area contributed by atoms with Crippen LogP contribution in [-0.4, -0.2) is 59.1 Å². The standard InChI is InChI=1S/C23H28FN7O3/c1-13-19-21(30(3)20(14(2)33-4)22(32)28-19)29-23(27-13)25-9-16-10-26-31(12-16)11-15-6-17(24)8-18(7-15)34-5/h6-8,10,12,14,20H,9,11H2,1-5H3,(H,28,32)(H,25,27,29)/t14-,20?/m1/s1. The van der Waals surface area contributed by atoms with Crippen molar-refractivity contribution < 1.29 is 18.7 Å². The normalized spacial score (nSPS) is 16.1. The third-order valence-corrected chi connectivity index (χ3v) is 5.80. The first-order valence-corrected chi connectivity index (χ1v) is 10.8. The molecule has 0 fully saturated rings. The molecule has 0 aliphatic carbocycles. The largest absolute Gasteiger partial charge is 0.497 e. The first-order valence-electron chi connectivity index (χ1n) is 10.8. The van der Waals surface area contributed by atoms with Gasteiger partial charge in [-0.2, -0.15) is 10.1 Å². The molecule has 4 rings (SSSR count). The van der Waals surface area contributed by atoms with Crippen LogP contribution >= 0.6 is 0 Å². The number of hydrogen-bond acceptors (Lipinski definition) is 8. The first-order chi connectivity index (χ1) is 16.3. The second-order valence-electron chi connectivity index (χ2n) is 8.22. The number of carbonyl (C=O) groups excluding carboxylic acids is 1. The molecule has 0 spiro atoms. The van der Waals surface area contributed by atoms with E-state index in [2.05, 4.69) is 25.7 Å². The summed E-state index contributed by atoms with van der Waals surface area (Å²) in [6.07, 6.45) is 3.30. The Balaban J connectivity index is 1.47. The summed E-state index contributed by atoms with van der Waals surface area (Å²) in [5.41, 5.74) is 2.91. The number of halogens is 1. The highest BCUT2D eigenvalue weighted by molar-refractivity contribution is 6.03. The Morgan fingerprint density at radius 3 is 2.76 bits per heavy atom. The van der Waals surface area contributed by atoms with Crippen LogP contribution in [0.15, 0.2) is 30.6 Å². The maximum Gasteiger partial charge on any atom is 0.249 e. The van der Waals surface area contributed by atoms with Crippen molar-refractivity contribution in [2.75, 3.05) is 36.8 Å². The number of rotatable bonds is 8. The number of anilines is 3. The van der Waals surface area contributed by atoms with Crippen molar-refractivity contribution in [3.63, 3.8) is 0 Å². The van der Waals surface area contributed by atoms with Gasteiger partial charge in [-0.3, -0.25) is 9.48 Å². The van der Waals surface area contributed by atoms with Gasteiger partial charge in [0.2, 0.25) is 11.9 Å². The van der Waals surface area contributed by atoms with Gasteiger partial charge in [-0.15, -0.1) is 0 Å². The second kappa shape index (κ2) is 9.64. The molecular weight excluding hydrogens is 441 g/mol. The number of nitrogens with zero attached hydrogens (tertiary/aromatic N) is 5. The van der Waals surface area contributed by atoms with E-state index in [1.807, 2.05) is 32.0 Å². The third kappa shape index (κ3) is 4.79. The van der Waals surface area contributed by atoms with E-state index in [1.54, 1.807) is 24.1 Å². The van der Waals surface area contributed by atoms with Crippen LogP contribution in [0, 0.1) is 12.7 Å². The van der Waals surface area contributed by atoms with E-state index in [9.17, 15) is 9.18 Å². The monoisotopic (exact) mass is 469 g/mol. The number of benzene rings is 1. The summed E-state index contributed by atoms with van der Waals surface area (Å²) < 4.78 is 26.0. The maximum atomic E-state index is 13.8. The molecule has 0 bridgehead atoms. The van der Waals surface area contributed by atoms with Crippen molar-refractivity contribution in [2.24, 2.45) is 0 Å². The molecular formula is C23H28FN7O3. The van der Waals surface area contributed by atoms with Crippen LogP contribution in [0.3, 0.4) is 0 Å². The fourth-order valence-electron chi connectivity index (χ4n) is 3.98. The fourth-order valence-corrected chi connectivity index (χ4v) is 3.98. The molecule has 1 amide bonds. The van der Waals surface area contributed by atoms with Gasteiger partial charge in [0, 0.05) is 38.5 Å². The minimum Gasteiger partial charge on any atom is -0.497 e. The highest BCUT2D eigenvalue weighted by Gasteiger charge is 2.37. The van der Waals surface area contributed by atoms with Crippen LogP contribution in [0.1, 0.15) is 23.7 Å². The number of methoxy groups -OCH3 is 2. The fraction of sp³-hybridized carbons (Fsp3) is 0.391. The number of amides is 1. The minimum absolute atomic E-state index is 0.153. The molecule has 1 aromatic carbocycles. The van der Waals surface area contributed by atoms with Gasteiger partial charge in [-0.1, -0.05) is 0 Å². The highest BCUT2D eigenvalue weighted by atomic mass is 19.1. The lowest BCUT2D eigenvalue weighted by atomic mass is 10.1. The van der Waals surface area contributed by atoms with Gasteiger partial charge < -0.3 is 25.0 Å². The number of carbonyl (C=O) groups is 1. The van der Waals surface area contributed by atoms with Crippen molar-refractivity contribution >= 4 is 23.4 Å². The van der Waals surface area contributed by atoms with Crippen molar-refractivity contribution in [1.82, 2.24) is 19.7 Å². The van der Waals surface area contributed by atoms with Gasteiger partial charge in [-0.05, 0) is 31.5 Å². The summed E-state index contributed by atoms with van der Waals surface area (Å²) in [5, 5.41) is 10.5. The Morgan fingerprint density at radius 1 is 1.24 bits per heavy atom. The smallest absolute Gasteiger partial charge is 0.249 e. The molecule has 34 heavy (non-hydrogen) atoms. The van der Waals surface area contributed by atoms with Gasteiger partial charge in [0.05, 0.1) is 31.6 Å². The summed E-state index contributed by atoms with van der Waals surface area (Å²) in [5.74, 6) is 1.02. The molecule has 1 aliphatic heterocycles. The van der Waals surface area contributed by atoms with Crippen molar-refractivity contribution in [1.29, 1.82) is 0 Å². The van der Waals surface area contributed by atoms with E-state index in [4.69, 9.17) is 9.47 Å². The molecule has 3 heterocycles. The number of aryl methyl sites for hydroxylation is 1. The summed E-state index contributed by atoms with van der Waals surface area (Å²) >= 11 is 0. The molecule has 10 nitrogen and oxygen atoms in total. The topological polar surface area (TPSA) is 106 Å². The molecule has 3 aromatic rings. The van der Waals surface area contributed by atoms with Gasteiger partial charge in [-0.25, -0.2) is 9.37 Å². The van der Waals surface area contributed by atoms with Crippen LogP contribution in [0.2, 0.25) is 0 Å². The van der Waals surface area contributed by atoms with Gasteiger partial charge in [0.25, 0.3) is 0 Å². The first kappa shape index (κ1) is 23.4. The summed E-state index contributed by atoms with van der Waals surface area (Å²) in [6.45, 7) is 4.52. The zero-order valence-corrected chi connectivity index (χ0v) is 19.8. The van der Waals surface area contributed by atoms with E-state index < -0.39 is 6.04 Å². The second-order valence-corrected chi connectivity index (χ2v) is 8.22. The Hall–Kier alpha value is -3.73. The van der Waals surface area contributed by atoms with Crippen molar-refractivity contribution in [3.05, 3.63) is 53.2 Å². The van der Waals surface area contributed by atoms with E-state index in [0.29, 0.717) is 42.0 Å². The quantitative estimate of drug-likeness (QED) is 0.519. The molecule has 2 N–H and O–H groups in total. The number of aromatic nitrogens is 4. The summed E-state index contributed by atoms with van der Waals surface area (Å²) in [6, 6.07) is 4.07. The van der Waals surface area contributed by atoms with Gasteiger partial charge >= 0.3 is 0 Å². The lowest BCUT2D eigenvalue weighted by molar-refractivity contribution is -0.120. The van der Waals surface area contributed by atoms with E-state index in [0.717, 1.165) is 11.1 Å². The van der Waals surface area contributed by atoms with E-state index in [-0.39, 0.29) is 17.8 Å². The van der Waals surface area contributed by atoms with Crippen LogP contribution in [0.5, 0.6) is 5.75 Å². The highest BCUT2D eigenvalue weighted by Crippen LogP contribution is 2.33. The van der Waals surface area contributed by atoms with Gasteiger partial charge in [0.15, 0.2) is 5.82 Å². The van der Waals surface area contributed by atoms with Crippen LogP contribution in [0.25, 0.3) is 0 Å². The molecule has 0 radical (unpaired) electrons. The third-order valence-electron chi connectivity index (χ3n) is 5.80. The Morgan fingerprint density at radius 2 is 2.03 bits per heavy atom. The van der Waals surface area contributed by atoms with E-state index in [1.165, 1.54) is 19.2 Å². The number of hydrogen-bond donors (Lipinski definition) is 2. The van der Waals surface area contributed by atoms with Crippen LogP contribution < -0.4 is 20.3 Å². The molecule has 1 aliphatic rings. The van der Waals surface area contributed by atoms with Crippen molar-refractivity contribution in [2.45, 2.75) is 39.1 Å². The van der Waals surface area contributed by atoms with Crippen LogP contribution in [-0.2, 0) is 22.6 Å². The predicted octanol–water partition coefficient (Wildman–Crippen LogP) is 2.58. The molecule has 180 valence electrons. The summed E-state index contributed by atoms with van der Waals surface area (Å²) in [4.78, 5) is 23.5. The molecule has 2 atom stereocenters. The minimum atomic E-state index is -0.501. The average molecular weight is 470 g/mol. The Bertz CT molecular complexity index is 1200. The molecule has 0 saturated carbocycles. The van der Waals surface area contributed by atoms with E-state index >= 15 is 0 Å². The summed E-state index contributed by atoms with van der Waals surface area (Å²) in [7, 11) is 4.90. The molecule has 2 aromatic heterocycles. The van der Waals surface area contributed by atoms with Gasteiger partial charge in [0.1, 0.15) is 23.3 Å². The molecule has 11 heteroatoms. The Kier molecular flexibility index (Phi) is 6.64. The lowest BCUT2D eigenvalue weighted by Crippen LogP contribution is -2.53. The van der Waals surface area contributed by atoms with Crippen molar-refractivity contribution in [3.8, 4) is 5.75 Å². The average Bonchev–Trinajstić information content (AvgIpc) is 3.25. The SMILES string of the molecule is COc1cc(F)cc(Cn2cc(CNc3nc(C)c4c(n3)N(C)C([C@@H](C)OC)C(=O)N4)cn2)c1. The molecule has 0 saturated heterocycles. The number of fused-ring (bicyclic) bond motifs is 1. The number of ether oxygens (including phenoxy) is 2. The van der Waals surface area contributed by atoms with Crippen LogP contribution in [0.4, 0.5) is 21.8 Å². The maximum absolute atomic E-state index is 13.8. The lowest BCUT2D eigenvalue weighted by Gasteiger charge is -2.37. The predicted molar refractivity (Wildman–Crippen MR) is 126 cm³/mol. The zero-order chi connectivity index (χ0) is 24.4. The number of likely N-dealkylation sites (N-methyl/N-ethyl adjacent to an activating group) is 1.